The van der Waals surface area contributed by atoms with E-state index in [-0.39, 0.29) is 10.8 Å². The number of hydrogen-bond donors (Lipinski definition) is 2. The van der Waals surface area contributed by atoms with Gasteiger partial charge in [0.15, 0.2) is 0 Å². The zero-order valence-corrected chi connectivity index (χ0v) is 23.2. The Hall–Kier alpha value is -2.74. The molecule has 0 radical (unpaired) electrons. The summed E-state index contributed by atoms with van der Waals surface area (Å²) in [6.45, 7) is 25.5. The van der Waals surface area contributed by atoms with Crippen molar-refractivity contribution < 1.29 is 10.2 Å². The van der Waals surface area contributed by atoms with Crippen LogP contribution in [0.1, 0.15) is 86.1 Å². The Labute approximate surface area is 206 Å². The summed E-state index contributed by atoms with van der Waals surface area (Å²) in [5.41, 5.74) is 12.4. The minimum Gasteiger partial charge on any atom is -0.507 e. The van der Waals surface area contributed by atoms with Gasteiger partial charge in [-0.15, -0.1) is 0 Å². The van der Waals surface area contributed by atoms with Gasteiger partial charge in [-0.2, -0.15) is 0 Å². The third kappa shape index (κ3) is 4.35. The number of phenolic OH excluding ortho intramolecular Hbond substituents is 2. The fraction of sp³-hybridized carbons (Fsp3) is 0.438. The molecule has 0 aliphatic rings. The maximum atomic E-state index is 11.4. The van der Waals surface area contributed by atoms with E-state index in [0.29, 0.717) is 11.5 Å². The van der Waals surface area contributed by atoms with Crippen molar-refractivity contribution >= 4 is 0 Å². The van der Waals surface area contributed by atoms with Crippen molar-refractivity contribution in [3.63, 3.8) is 0 Å². The van der Waals surface area contributed by atoms with Gasteiger partial charge in [-0.25, -0.2) is 0 Å². The summed E-state index contributed by atoms with van der Waals surface area (Å²) in [4.78, 5) is 0. The number of aromatic hydroxyl groups is 2. The first-order valence-corrected chi connectivity index (χ1v) is 12.3. The largest absolute Gasteiger partial charge is 0.507 e. The fourth-order valence-corrected chi connectivity index (χ4v) is 5.20. The Morgan fingerprint density at radius 2 is 0.735 bits per heavy atom. The van der Waals surface area contributed by atoms with E-state index in [0.717, 1.165) is 66.8 Å². The van der Waals surface area contributed by atoms with Crippen molar-refractivity contribution in [2.45, 2.75) is 93.9 Å². The summed E-state index contributed by atoms with van der Waals surface area (Å²) in [6, 6.07) is 8.38. The molecule has 2 N–H and O–H groups in total. The summed E-state index contributed by atoms with van der Waals surface area (Å²) in [6.07, 6.45) is 0. The summed E-state index contributed by atoms with van der Waals surface area (Å²) in [5.74, 6) is 0.730. The molecule has 0 unspecified atom stereocenters. The first kappa shape index (κ1) is 25.9. The highest BCUT2D eigenvalue weighted by molar-refractivity contribution is 5.87. The summed E-state index contributed by atoms with van der Waals surface area (Å²) < 4.78 is 0. The van der Waals surface area contributed by atoms with Gasteiger partial charge >= 0.3 is 0 Å². The van der Waals surface area contributed by atoms with Crippen molar-refractivity contribution in [3.05, 3.63) is 68.8 Å². The molecule has 0 fully saturated rings. The number of rotatable bonds is 2. The van der Waals surface area contributed by atoms with Crippen LogP contribution in [0.4, 0.5) is 0 Å². The van der Waals surface area contributed by atoms with Crippen LogP contribution in [0.2, 0.25) is 0 Å². The third-order valence-electron chi connectivity index (χ3n) is 7.29. The molecule has 0 spiro atoms. The standard InChI is InChI=1S/C32H42O2/c1-17-13-23(29(33)25(15-17)31(7,8)9)27-19(3)21(5)28(22(6)20(27)4)24-14-18(2)16-26(30(24)34)32(10,11)12/h13-16,33-34H,1-12H3. The molecule has 0 atom stereocenters. The first-order valence-electron chi connectivity index (χ1n) is 12.3. The van der Waals surface area contributed by atoms with Gasteiger partial charge in [-0.1, -0.05) is 53.7 Å². The van der Waals surface area contributed by atoms with Crippen LogP contribution in [0.25, 0.3) is 22.3 Å². The van der Waals surface area contributed by atoms with Crippen LogP contribution in [0.15, 0.2) is 24.3 Å². The van der Waals surface area contributed by atoms with E-state index in [1.165, 1.54) is 0 Å². The molecule has 0 saturated heterocycles. The van der Waals surface area contributed by atoms with Crippen molar-refractivity contribution in [1.29, 1.82) is 0 Å². The predicted molar refractivity (Wildman–Crippen MR) is 146 cm³/mol. The Morgan fingerprint density at radius 3 is 0.971 bits per heavy atom. The number of benzene rings is 3. The Balaban J connectivity index is 2.41. The molecule has 0 aromatic heterocycles. The molecule has 3 aromatic carbocycles. The second-order valence-electron chi connectivity index (χ2n) is 12.2. The Kier molecular flexibility index (Phi) is 6.46. The van der Waals surface area contributed by atoms with Gasteiger partial charge in [-0.3, -0.25) is 0 Å². The lowest BCUT2D eigenvalue weighted by Crippen LogP contribution is -2.13. The zero-order valence-electron chi connectivity index (χ0n) is 23.2. The van der Waals surface area contributed by atoms with Gasteiger partial charge in [0.05, 0.1) is 0 Å². The van der Waals surface area contributed by atoms with Crippen LogP contribution in [0, 0.1) is 41.5 Å². The average molecular weight is 459 g/mol. The number of aryl methyl sites for hydroxylation is 2. The van der Waals surface area contributed by atoms with Crippen LogP contribution in [-0.4, -0.2) is 10.2 Å². The lowest BCUT2D eigenvalue weighted by Gasteiger charge is -2.27. The second-order valence-corrected chi connectivity index (χ2v) is 12.2. The smallest absolute Gasteiger partial charge is 0.127 e. The molecular weight excluding hydrogens is 416 g/mol. The minimum atomic E-state index is -0.159. The van der Waals surface area contributed by atoms with E-state index in [2.05, 4.69) is 107 Å². The van der Waals surface area contributed by atoms with Crippen LogP contribution in [0.3, 0.4) is 0 Å². The fourth-order valence-electron chi connectivity index (χ4n) is 5.20. The lowest BCUT2D eigenvalue weighted by atomic mass is 9.78. The van der Waals surface area contributed by atoms with Gasteiger partial charge < -0.3 is 10.2 Å². The van der Waals surface area contributed by atoms with Gasteiger partial charge in [0, 0.05) is 22.3 Å². The van der Waals surface area contributed by atoms with E-state index < -0.39 is 0 Å². The molecule has 2 nitrogen and oxygen atoms in total. The molecule has 0 aliphatic heterocycles. The first-order chi connectivity index (χ1) is 15.5. The normalized spacial score (nSPS) is 12.4. The van der Waals surface area contributed by atoms with Crippen LogP contribution in [-0.2, 0) is 10.8 Å². The van der Waals surface area contributed by atoms with E-state index in [4.69, 9.17) is 0 Å². The topological polar surface area (TPSA) is 40.5 Å². The van der Waals surface area contributed by atoms with E-state index in [1.54, 1.807) is 0 Å². The van der Waals surface area contributed by atoms with Gasteiger partial charge in [0.2, 0.25) is 0 Å². The summed E-state index contributed by atoms with van der Waals surface area (Å²) in [7, 11) is 0. The van der Waals surface area contributed by atoms with E-state index in [1.807, 2.05) is 0 Å². The molecule has 0 bridgehead atoms. The maximum Gasteiger partial charge on any atom is 0.127 e. The molecule has 2 heteroatoms. The van der Waals surface area contributed by atoms with Gasteiger partial charge in [0.1, 0.15) is 11.5 Å². The Morgan fingerprint density at radius 1 is 0.471 bits per heavy atom. The third-order valence-corrected chi connectivity index (χ3v) is 7.29. The number of phenols is 2. The molecule has 0 aliphatic carbocycles. The maximum absolute atomic E-state index is 11.4. The van der Waals surface area contributed by atoms with Crippen LogP contribution < -0.4 is 0 Å². The van der Waals surface area contributed by atoms with Crippen LogP contribution in [0.5, 0.6) is 11.5 Å². The highest BCUT2D eigenvalue weighted by atomic mass is 16.3. The monoisotopic (exact) mass is 458 g/mol. The predicted octanol–water partition coefficient (Wildman–Crippen LogP) is 8.88. The molecule has 0 amide bonds. The molecular formula is C32H42O2. The van der Waals surface area contributed by atoms with E-state index >= 15 is 0 Å². The molecule has 34 heavy (non-hydrogen) atoms. The molecule has 0 saturated carbocycles. The van der Waals surface area contributed by atoms with Crippen molar-refractivity contribution in [2.75, 3.05) is 0 Å². The molecule has 182 valence electrons. The van der Waals surface area contributed by atoms with Gasteiger partial charge in [-0.05, 0) is 109 Å². The molecule has 3 aromatic rings. The molecule has 0 heterocycles. The second kappa shape index (κ2) is 8.48. The summed E-state index contributed by atoms with van der Waals surface area (Å²) in [5, 5.41) is 22.8. The highest BCUT2D eigenvalue weighted by Crippen LogP contribution is 2.48. The average Bonchev–Trinajstić information content (AvgIpc) is 2.69. The number of hydrogen-bond acceptors (Lipinski definition) is 2. The van der Waals surface area contributed by atoms with E-state index in [9.17, 15) is 10.2 Å². The van der Waals surface area contributed by atoms with Crippen molar-refractivity contribution in [2.24, 2.45) is 0 Å². The highest BCUT2D eigenvalue weighted by Gasteiger charge is 2.27. The van der Waals surface area contributed by atoms with Crippen molar-refractivity contribution in [3.8, 4) is 33.8 Å². The molecule has 3 rings (SSSR count). The van der Waals surface area contributed by atoms with Gasteiger partial charge in [0.25, 0.3) is 0 Å². The zero-order chi connectivity index (χ0) is 25.9. The van der Waals surface area contributed by atoms with Crippen LogP contribution >= 0.6 is 0 Å². The summed E-state index contributed by atoms with van der Waals surface area (Å²) >= 11 is 0. The SMILES string of the molecule is Cc1cc(-c2c(C)c(C)c(-c3cc(C)cc(C(C)(C)C)c3O)c(C)c2C)c(O)c(C(C)(C)C)c1. The quantitative estimate of drug-likeness (QED) is 0.402. The minimum absolute atomic E-state index is 0.159. The van der Waals surface area contributed by atoms with Crippen molar-refractivity contribution in [1.82, 2.24) is 0 Å². The lowest BCUT2D eigenvalue weighted by molar-refractivity contribution is 0.447. The Bertz CT molecular complexity index is 1150.